The van der Waals surface area contributed by atoms with E-state index in [-0.39, 0.29) is 17.3 Å². The van der Waals surface area contributed by atoms with Crippen LogP contribution in [0.2, 0.25) is 0 Å². The van der Waals surface area contributed by atoms with E-state index in [1.165, 1.54) is 30.7 Å². The van der Waals surface area contributed by atoms with E-state index < -0.39 is 35.0 Å². The highest BCUT2D eigenvalue weighted by Gasteiger charge is 2.43. The van der Waals surface area contributed by atoms with Crippen LogP contribution in [-0.2, 0) is 0 Å². The van der Waals surface area contributed by atoms with E-state index >= 15 is 0 Å². The average molecular weight is 476 g/mol. The van der Waals surface area contributed by atoms with E-state index in [4.69, 9.17) is 0 Å². The Morgan fingerprint density at radius 2 is 1.68 bits per heavy atom. The Labute approximate surface area is 195 Å². The second kappa shape index (κ2) is 9.99. The van der Waals surface area contributed by atoms with E-state index in [2.05, 4.69) is 4.98 Å². The lowest BCUT2D eigenvalue weighted by molar-refractivity contribution is -0.156. The summed E-state index contributed by atoms with van der Waals surface area (Å²) >= 11 is 0. The van der Waals surface area contributed by atoms with Crippen molar-refractivity contribution < 1.29 is 22.8 Å². The van der Waals surface area contributed by atoms with Gasteiger partial charge in [-0.2, -0.15) is 13.2 Å². The van der Waals surface area contributed by atoms with Gasteiger partial charge in [0.2, 0.25) is 5.43 Å². The number of pyridine rings is 2. The normalized spacial score (nSPS) is 18.0. The Hall–Kier alpha value is -3.17. The minimum Gasteiger partial charge on any atom is -0.349 e. The molecule has 0 unspecified atom stereocenters. The fourth-order valence-electron chi connectivity index (χ4n) is 4.67. The standard InChI is InChI=1S/C24H27F3N4O3/c25-24(26,27)21(19-10-4-5-11-28-19)29-22(33)17-14-31(16-8-2-1-3-9-16)15-18(20(17)32)23(34)30-12-6-7-13-30/h4-5,10-11,14-16,21H,1-3,6-9,12-13H2,(H,29,33)/t21-/m1/s1. The maximum absolute atomic E-state index is 13.8. The van der Waals surface area contributed by atoms with E-state index in [1.54, 1.807) is 9.47 Å². The summed E-state index contributed by atoms with van der Waals surface area (Å²) < 4.78 is 43.0. The first-order chi connectivity index (χ1) is 16.3. The van der Waals surface area contributed by atoms with E-state index in [9.17, 15) is 27.6 Å². The quantitative estimate of drug-likeness (QED) is 0.707. The van der Waals surface area contributed by atoms with Gasteiger partial charge in [-0.15, -0.1) is 0 Å². The van der Waals surface area contributed by atoms with Crippen molar-refractivity contribution in [1.82, 2.24) is 19.8 Å². The van der Waals surface area contributed by atoms with Crippen LogP contribution >= 0.6 is 0 Å². The van der Waals surface area contributed by atoms with Crippen LogP contribution in [0.1, 0.15) is 83.4 Å². The molecule has 1 aliphatic carbocycles. The number of alkyl halides is 3. The topological polar surface area (TPSA) is 84.3 Å². The molecule has 1 saturated carbocycles. The van der Waals surface area contributed by atoms with Gasteiger partial charge in [-0.05, 0) is 37.8 Å². The Kier molecular flexibility index (Phi) is 7.04. The Morgan fingerprint density at radius 3 is 2.29 bits per heavy atom. The third-order valence-corrected chi connectivity index (χ3v) is 6.50. The molecule has 1 atom stereocenters. The molecular formula is C24H27F3N4O3. The van der Waals surface area contributed by atoms with Crippen molar-refractivity contribution >= 4 is 11.8 Å². The minimum atomic E-state index is -4.82. The summed E-state index contributed by atoms with van der Waals surface area (Å²) in [5.74, 6) is -1.67. The number of nitrogens with zero attached hydrogens (tertiary/aromatic N) is 3. The van der Waals surface area contributed by atoms with Gasteiger partial charge in [-0.1, -0.05) is 25.3 Å². The SMILES string of the molecule is O=C(N[C@H](c1ccccn1)C(F)(F)F)c1cn(C2CCCCC2)cc(C(=O)N2CCCC2)c1=O. The predicted molar refractivity (Wildman–Crippen MR) is 118 cm³/mol. The largest absolute Gasteiger partial charge is 0.414 e. The molecule has 0 spiro atoms. The Bertz CT molecular complexity index is 1090. The predicted octanol–water partition coefficient (Wildman–Crippen LogP) is 4.02. The lowest BCUT2D eigenvalue weighted by atomic mass is 9.95. The maximum atomic E-state index is 13.8. The van der Waals surface area contributed by atoms with Gasteiger partial charge in [0.25, 0.3) is 11.8 Å². The van der Waals surface area contributed by atoms with Crippen LogP contribution in [0.15, 0.2) is 41.6 Å². The van der Waals surface area contributed by atoms with E-state index in [0.29, 0.717) is 13.1 Å². The Balaban J connectivity index is 1.72. The first kappa shape index (κ1) is 24.0. The van der Waals surface area contributed by atoms with Gasteiger partial charge >= 0.3 is 6.18 Å². The molecule has 182 valence electrons. The number of rotatable bonds is 5. The summed E-state index contributed by atoms with van der Waals surface area (Å²) in [7, 11) is 0. The van der Waals surface area contributed by atoms with Crippen molar-refractivity contribution in [3.05, 3.63) is 63.8 Å². The van der Waals surface area contributed by atoms with E-state index in [1.807, 2.05) is 5.32 Å². The third kappa shape index (κ3) is 5.15. The van der Waals surface area contributed by atoms with Gasteiger partial charge in [0.1, 0.15) is 11.1 Å². The summed E-state index contributed by atoms with van der Waals surface area (Å²) in [5.41, 5.74) is -1.90. The number of likely N-dealkylation sites (tertiary alicyclic amines) is 1. The molecule has 2 aromatic heterocycles. The average Bonchev–Trinajstić information content (AvgIpc) is 3.37. The van der Waals surface area contributed by atoms with Gasteiger partial charge in [0.05, 0.1) is 5.69 Å². The molecule has 1 N–H and O–H groups in total. The highest BCUT2D eigenvalue weighted by atomic mass is 19.4. The molecule has 10 heteroatoms. The van der Waals surface area contributed by atoms with Crippen LogP contribution in [0.5, 0.6) is 0 Å². The van der Waals surface area contributed by atoms with Gasteiger partial charge < -0.3 is 14.8 Å². The zero-order chi connectivity index (χ0) is 24.3. The van der Waals surface area contributed by atoms with Crippen molar-refractivity contribution in [3.63, 3.8) is 0 Å². The molecule has 0 radical (unpaired) electrons. The smallest absolute Gasteiger partial charge is 0.349 e. The van der Waals surface area contributed by atoms with Crippen LogP contribution in [-0.4, -0.2) is 45.5 Å². The molecule has 34 heavy (non-hydrogen) atoms. The highest BCUT2D eigenvalue weighted by molar-refractivity contribution is 5.99. The summed E-state index contributed by atoms with van der Waals surface area (Å²) in [6.07, 6.45) is 5.38. The highest BCUT2D eigenvalue weighted by Crippen LogP contribution is 2.32. The molecule has 1 aliphatic heterocycles. The lowest BCUT2D eigenvalue weighted by Crippen LogP contribution is -2.42. The number of carbonyl (C=O) groups excluding carboxylic acids is 2. The molecule has 1 saturated heterocycles. The van der Waals surface area contributed by atoms with Crippen LogP contribution < -0.4 is 10.7 Å². The van der Waals surface area contributed by atoms with Crippen molar-refractivity contribution in [2.75, 3.05) is 13.1 Å². The number of hydrogen-bond donors (Lipinski definition) is 1. The molecule has 0 aromatic carbocycles. The number of carbonyl (C=O) groups is 2. The molecule has 0 bridgehead atoms. The number of hydrogen-bond acceptors (Lipinski definition) is 4. The van der Waals surface area contributed by atoms with Gasteiger partial charge in [-0.3, -0.25) is 19.4 Å². The molecule has 2 fully saturated rings. The van der Waals surface area contributed by atoms with Crippen molar-refractivity contribution in [2.45, 2.75) is 63.2 Å². The fourth-order valence-corrected chi connectivity index (χ4v) is 4.67. The zero-order valence-electron chi connectivity index (χ0n) is 18.7. The molecule has 7 nitrogen and oxygen atoms in total. The lowest BCUT2D eigenvalue weighted by Gasteiger charge is -2.26. The van der Waals surface area contributed by atoms with Gasteiger partial charge in [0.15, 0.2) is 6.04 Å². The van der Waals surface area contributed by atoms with Crippen molar-refractivity contribution in [2.24, 2.45) is 0 Å². The molecule has 3 heterocycles. The summed E-state index contributed by atoms with van der Waals surface area (Å²) in [5, 5.41) is 1.93. The second-order valence-electron chi connectivity index (χ2n) is 8.86. The summed E-state index contributed by atoms with van der Waals surface area (Å²) in [6.45, 7) is 1.02. The fraction of sp³-hybridized carbons (Fsp3) is 0.500. The monoisotopic (exact) mass is 476 g/mol. The van der Waals surface area contributed by atoms with E-state index in [0.717, 1.165) is 51.0 Å². The van der Waals surface area contributed by atoms with Gasteiger partial charge in [-0.25, -0.2) is 0 Å². The van der Waals surface area contributed by atoms with Crippen LogP contribution in [0.4, 0.5) is 13.2 Å². The first-order valence-electron chi connectivity index (χ1n) is 11.6. The van der Waals surface area contributed by atoms with Gasteiger partial charge in [0, 0.05) is 37.7 Å². The molecular weight excluding hydrogens is 449 g/mol. The van der Waals surface area contributed by atoms with Crippen molar-refractivity contribution in [1.29, 1.82) is 0 Å². The second-order valence-corrected chi connectivity index (χ2v) is 8.86. The number of amides is 2. The minimum absolute atomic E-state index is 0.0276. The van der Waals surface area contributed by atoms with Crippen LogP contribution in [0.25, 0.3) is 0 Å². The molecule has 4 rings (SSSR count). The molecule has 2 aromatic rings. The van der Waals surface area contributed by atoms with Crippen LogP contribution in [0.3, 0.4) is 0 Å². The zero-order valence-corrected chi connectivity index (χ0v) is 18.7. The Morgan fingerprint density at radius 1 is 1.00 bits per heavy atom. The maximum Gasteiger partial charge on any atom is 0.414 e. The summed E-state index contributed by atoms with van der Waals surface area (Å²) in [6, 6.07) is 1.60. The third-order valence-electron chi connectivity index (χ3n) is 6.50. The first-order valence-corrected chi connectivity index (χ1v) is 11.6. The molecule has 2 aliphatic rings. The number of halogens is 3. The van der Waals surface area contributed by atoms with Crippen LogP contribution in [0, 0.1) is 0 Å². The van der Waals surface area contributed by atoms with Crippen molar-refractivity contribution in [3.8, 4) is 0 Å². The number of aromatic nitrogens is 2. The summed E-state index contributed by atoms with van der Waals surface area (Å²) in [4.78, 5) is 44.6. The molecule has 2 amide bonds. The number of nitrogens with one attached hydrogen (secondary N) is 1.